The van der Waals surface area contributed by atoms with E-state index in [4.69, 9.17) is 5.73 Å². The summed E-state index contributed by atoms with van der Waals surface area (Å²) in [5.41, 5.74) is 5.94. The minimum atomic E-state index is -3.12. The molecular formula is C12H26N2O2S. The van der Waals surface area contributed by atoms with E-state index in [1.807, 2.05) is 6.92 Å². The molecule has 1 saturated carbocycles. The Morgan fingerprint density at radius 3 is 2.29 bits per heavy atom. The third-order valence-corrected chi connectivity index (χ3v) is 4.92. The molecule has 0 amide bonds. The molecule has 0 radical (unpaired) electrons. The first kappa shape index (κ1) is 14.9. The molecule has 3 N–H and O–H groups in total. The van der Waals surface area contributed by atoms with Gasteiger partial charge in [0.25, 0.3) is 0 Å². The fraction of sp³-hybridized carbons (Fsp3) is 1.00. The molecule has 102 valence electrons. The standard InChI is InChI=1S/C12H26N2O2S/c1-2-3-10-17(15,16)14-11-12(13)8-6-4-5-7-9-12/h14H,2-11,13H2,1H3. The first-order valence-electron chi connectivity index (χ1n) is 6.74. The SMILES string of the molecule is CCCCS(=O)(=O)NCC1(N)CCCCCC1. The Morgan fingerprint density at radius 1 is 1.18 bits per heavy atom. The van der Waals surface area contributed by atoms with Crippen molar-refractivity contribution in [2.45, 2.75) is 63.8 Å². The minimum Gasteiger partial charge on any atom is -0.324 e. The summed E-state index contributed by atoms with van der Waals surface area (Å²) in [4.78, 5) is 0. The van der Waals surface area contributed by atoms with Gasteiger partial charge in [0.05, 0.1) is 5.75 Å². The second-order valence-electron chi connectivity index (χ2n) is 5.27. The molecule has 1 fully saturated rings. The summed E-state index contributed by atoms with van der Waals surface area (Å²) in [6.45, 7) is 2.39. The van der Waals surface area contributed by atoms with Gasteiger partial charge in [0.1, 0.15) is 0 Å². The van der Waals surface area contributed by atoms with Gasteiger partial charge >= 0.3 is 0 Å². The molecule has 0 heterocycles. The summed E-state index contributed by atoms with van der Waals surface area (Å²) >= 11 is 0. The lowest BCUT2D eigenvalue weighted by molar-refractivity contribution is 0.369. The van der Waals surface area contributed by atoms with Crippen molar-refractivity contribution in [1.82, 2.24) is 4.72 Å². The fourth-order valence-electron chi connectivity index (χ4n) is 2.27. The number of hydrogen-bond acceptors (Lipinski definition) is 3. The van der Waals surface area contributed by atoms with Gasteiger partial charge in [0, 0.05) is 12.1 Å². The van der Waals surface area contributed by atoms with Crippen LogP contribution in [0.5, 0.6) is 0 Å². The lowest BCUT2D eigenvalue weighted by Crippen LogP contribution is -2.50. The van der Waals surface area contributed by atoms with E-state index in [0.29, 0.717) is 13.0 Å². The average Bonchev–Trinajstić information content (AvgIpc) is 2.50. The molecule has 0 unspecified atom stereocenters. The van der Waals surface area contributed by atoms with Crippen LogP contribution in [0.1, 0.15) is 58.3 Å². The Morgan fingerprint density at radius 2 is 1.76 bits per heavy atom. The summed E-state index contributed by atoms with van der Waals surface area (Å²) in [7, 11) is -3.12. The zero-order valence-electron chi connectivity index (χ0n) is 10.9. The molecule has 1 aliphatic carbocycles. The van der Waals surface area contributed by atoms with E-state index >= 15 is 0 Å². The summed E-state index contributed by atoms with van der Waals surface area (Å²) < 4.78 is 26.1. The first-order valence-corrected chi connectivity index (χ1v) is 8.39. The molecule has 0 atom stereocenters. The highest BCUT2D eigenvalue weighted by atomic mass is 32.2. The van der Waals surface area contributed by atoms with Crippen LogP contribution in [0, 0.1) is 0 Å². The van der Waals surface area contributed by atoms with Gasteiger partial charge in [-0.15, -0.1) is 0 Å². The maximum absolute atomic E-state index is 11.7. The van der Waals surface area contributed by atoms with Crippen LogP contribution < -0.4 is 10.5 Å². The van der Waals surface area contributed by atoms with Gasteiger partial charge in [-0.3, -0.25) is 0 Å². The van der Waals surface area contributed by atoms with Crippen LogP contribution >= 0.6 is 0 Å². The highest BCUT2D eigenvalue weighted by molar-refractivity contribution is 7.89. The smallest absolute Gasteiger partial charge is 0.211 e. The first-order chi connectivity index (χ1) is 7.97. The zero-order chi connectivity index (χ0) is 12.8. The molecule has 1 rings (SSSR count). The number of rotatable bonds is 6. The number of nitrogens with one attached hydrogen (secondary N) is 1. The van der Waals surface area contributed by atoms with Crippen LogP contribution in [0.25, 0.3) is 0 Å². The molecule has 5 heteroatoms. The van der Waals surface area contributed by atoms with Crippen LogP contribution in [0.15, 0.2) is 0 Å². The predicted octanol–water partition coefficient (Wildman–Crippen LogP) is 1.76. The average molecular weight is 262 g/mol. The molecule has 1 aliphatic rings. The quantitative estimate of drug-likeness (QED) is 0.716. The van der Waals surface area contributed by atoms with Crippen molar-refractivity contribution in [3.63, 3.8) is 0 Å². The van der Waals surface area contributed by atoms with Gasteiger partial charge in [0.15, 0.2) is 0 Å². The highest BCUT2D eigenvalue weighted by Gasteiger charge is 2.27. The van der Waals surface area contributed by atoms with Crippen LogP contribution in [0.3, 0.4) is 0 Å². The van der Waals surface area contributed by atoms with Crippen LogP contribution in [0.2, 0.25) is 0 Å². The van der Waals surface area contributed by atoms with Crippen molar-refractivity contribution in [2.75, 3.05) is 12.3 Å². The van der Waals surface area contributed by atoms with Crippen LogP contribution in [0.4, 0.5) is 0 Å². The normalized spacial score (nSPS) is 21.1. The van der Waals surface area contributed by atoms with Crippen LogP contribution in [-0.2, 0) is 10.0 Å². The summed E-state index contributed by atoms with van der Waals surface area (Å²) in [6, 6.07) is 0. The van der Waals surface area contributed by atoms with Gasteiger partial charge in [-0.25, -0.2) is 13.1 Å². The number of unbranched alkanes of at least 4 members (excludes halogenated alkanes) is 1. The molecule has 0 aromatic carbocycles. The van der Waals surface area contributed by atoms with Gasteiger partial charge in [0.2, 0.25) is 10.0 Å². The third kappa shape index (κ3) is 5.84. The third-order valence-electron chi connectivity index (χ3n) is 3.51. The minimum absolute atomic E-state index is 0.222. The summed E-state index contributed by atoms with van der Waals surface area (Å²) in [5.74, 6) is 0.222. The van der Waals surface area contributed by atoms with E-state index in [0.717, 1.165) is 32.1 Å². The Kier molecular flexibility index (Phi) is 5.89. The van der Waals surface area contributed by atoms with Crippen molar-refractivity contribution in [3.05, 3.63) is 0 Å². The van der Waals surface area contributed by atoms with Crippen molar-refractivity contribution in [1.29, 1.82) is 0 Å². The number of nitrogens with two attached hydrogens (primary N) is 1. The molecule has 0 bridgehead atoms. The van der Waals surface area contributed by atoms with Gasteiger partial charge < -0.3 is 5.73 Å². The second kappa shape index (κ2) is 6.71. The van der Waals surface area contributed by atoms with E-state index in [9.17, 15) is 8.42 Å². The molecule has 0 saturated heterocycles. The Hall–Kier alpha value is -0.130. The molecule has 0 aromatic rings. The monoisotopic (exact) mass is 262 g/mol. The van der Waals surface area contributed by atoms with E-state index in [1.54, 1.807) is 0 Å². The Labute approximate surface area is 105 Å². The zero-order valence-corrected chi connectivity index (χ0v) is 11.7. The topological polar surface area (TPSA) is 72.2 Å². The summed E-state index contributed by atoms with van der Waals surface area (Å²) in [5, 5.41) is 0. The van der Waals surface area contributed by atoms with Gasteiger partial charge in [-0.1, -0.05) is 39.0 Å². The van der Waals surface area contributed by atoms with Crippen molar-refractivity contribution in [3.8, 4) is 0 Å². The maximum Gasteiger partial charge on any atom is 0.211 e. The number of hydrogen-bond donors (Lipinski definition) is 2. The highest BCUT2D eigenvalue weighted by Crippen LogP contribution is 2.24. The molecule has 0 spiro atoms. The molecule has 0 aliphatic heterocycles. The van der Waals surface area contributed by atoms with Gasteiger partial charge in [-0.2, -0.15) is 0 Å². The molecule has 4 nitrogen and oxygen atoms in total. The van der Waals surface area contributed by atoms with Crippen LogP contribution in [-0.4, -0.2) is 26.3 Å². The molecule has 17 heavy (non-hydrogen) atoms. The lowest BCUT2D eigenvalue weighted by atomic mass is 9.92. The van der Waals surface area contributed by atoms with E-state index < -0.39 is 10.0 Å². The predicted molar refractivity (Wildman–Crippen MR) is 71.3 cm³/mol. The van der Waals surface area contributed by atoms with Crippen molar-refractivity contribution >= 4 is 10.0 Å². The van der Waals surface area contributed by atoms with Gasteiger partial charge in [-0.05, 0) is 19.3 Å². The maximum atomic E-state index is 11.7. The van der Waals surface area contributed by atoms with E-state index in [2.05, 4.69) is 4.72 Å². The summed E-state index contributed by atoms with van der Waals surface area (Å²) in [6.07, 6.45) is 8.16. The Bertz CT molecular complexity index is 306. The van der Waals surface area contributed by atoms with E-state index in [1.165, 1.54) is 12.8 Å². The van der Waals surface area contributed by atoms with E-state index in [-0.39, 0.29) is 11.3 Å². The largest absolute Gasteiger partial charge is 0.324 e. The molecule has 0 aromatic heterocycles. The Balaban J connectivity index is 2.42. The lowest BCUT2D eigenvalue weighted by Gasteiger charge is -2.28. The van der Waals surface area contributed by atoms with Crippen molar-refractivity contribution < 1.29 is 8.42 Å². The fourth-order valence-corrected chi connectivity index (χ4v) is 3.59. The molecular weight excluding hydrogens is 236 g/mol. The second-order valence-corrected chi connectivity index (χ2v) is 7.20. The number of sulfonamides is 1. The van der Waals surface area contributed by atoms with Crippen molar-refractivity contribution in [2.24, 2.45) is 5.73 Å².